The zero-order valence-corrected chi connectivity index (χ0v) is 12.7. The SMILES string of the molecule is CS(=O)(=O)c1ccc(N2CCC3(CCNCC3)C2=O)nn1. The molecule has 2 aliphatic rings. The number of hydrogen-bond acceptors (Lipinski definition) is 6. The average molecular weight is 310 g/mol. The topological polar surface area (TPSA) is 92.3 Å². The van der Waals surface area contributed by atoms with Gasteiger partial charge in [0.2, 0.25) is 5.91 Å². The van der Waals surface area contributed by atoms with Crippen molar-refractivity contribution in [2.24, 2.45) is 5.41 Å². The highest BCUT2D eigenvalue weighted by Crippen LogP contribution is 2.41. The molecule has 1 aromatic rings. The van der Waals surface area contributed by atoms with Gasteiger partial charge in [-0.2, -0.15) is 0 Å². The zero-order valence-electron chi connectivity index (χ0n) is 11.9. The molecule has 1 amide bonds. The number of carbonyl (C=O) groups is 1. The Morgan fingerprint density at radius 2 is 1.90 bits per heavy atom. The van der Waals surface area contributed by atoms with Crippen LogP contribution in [0.3, 0.4) is 0 Å². The molecule has 0 unspecified atom stereocenters. The summed E-state index contributed by atoms with van der Waals surface area (Å²) in [6.45, 7) is 2.34. The molecule has 0 aromatic carbocycles. The predicted octanol–water partition coefficient (Wildman–Crippen LogP) is -0.0134. The second kappa shape index (κ2) is 5.03. The molecule has 114 valence electrons. The molecule has 0 bridgehead atoms. The molecule has 1 spiro atoms. The number of hydrogen-bond donors (Lipinski definition) is 1. The lowest BCUT2D eigenvalue weighted by atomic mass is 9.78. The van der Waals surface area contributed by atoms with Crippen molar-refractivity contribution in [3.63, 3.8) is 0 Å². The predicted molar refractivity (Wildman–Crippen MR) is 76.6 cm³/mol. The van der Waals surface area contributed by atoms with Crippen molar-refractivity contribution in [3.8, 4) is 0 Å². The Morgan fingerprint density at radius 3 is 2.48 bits per heavy atom. The van der Waals surface area contributed by atoms with Crippen LogP contribution < -0.4 is 10.2 Å². The number of sulfone groups is 1. The molecule has 2 aliphatic heterocycles. The Kier molecular flexibility index (Phi) is 3.45. The van der Waals surface area contributed by atoms with Gasteiger partial charge in [-0.3, -0.25) is 9.69 Å². The molecule has 0 atom stereocenters. The van der Waals surface area contributed by atoms with Crippen molar-refractivity contribution in [2.75, 3.05) is 30.8 Å². The molecule has 21 heavy (non-hydrogen) atoms. The molecule has 2 fully saturated rings. The molecule has 1 N–H and O–H groups in total. The number of nitrogens with zero attached hydrogens (tertiary/aromatic N) is 3. The third-order valence-electron chi connectivity index (χ3n) is 4.36. The highest BCUT2D eigenvalue weighted by molar-refractivity contribution is 7.90. The van der Waals surface area contributed by atoms with E-state index in [0.29, 0.717) is 12.4 Å². The van der Waals surface area contributed by atoms with Crippen LogP contribution in [0.4, 0.5) is 5.82 Å². The molecule has 0 saturated carbocycles. The summed E-state index contributed by atoms with van der Waals surface area (Å²) in [6, 6.07) is 2.96. The summed E-state index contributed by atoms with van der Waals surface area (Å²) in [6.07, 6.45) is 3.60. The van der Waals surface area contributed by atoms with Gasteiger partial charge in [-0.1, -0.05) is 0 Å². The fraction of sp³-hybridized carbons (Fsp3) is 0.615. The minimum Gasteiger partial charge on any atom is -0.317 e. The van der Waals surface area contributed by atoms with Crippen LogP contribution in [-0.4, -0.2) is 50.4 Å². The number of carbonyl (C=O) groups excluding carboxylic acids is 1. The van der Waals surface area contributed by atoms with E-state index in [2.05, 4.69) is 15.5 Å². The van der Waals surface area contributed by atoms with Crippen LogP contribution in [0.1, 0.15) is 19.3 Å². The molecule has 0 radical (unpaired) electrons. The first kappa shape index (κ1) is 14.4. The Labute approximate surface area is 123 Å². The van der Waals surface area contributed by atoms with E-state index in [9.17, 15) is 13.2 Å². The van der Waals surface area contributed by atoms with Crippen molar-refractivity contribution in [1.29, 1.82) is 0 Å². The van der Waals surface area contributed by atoms with E-state index in [1.165, 1.54) is 6.07 Å². The maximum absolute atomic E-state index is 12.7. The number of piperidine rings is 1. The van der Waals surface area contributed by atoms with E-state index in [1.54, 1.807) is 11.0 Å². The Bertz CT molecular complexity index is 650. The number of anilines is 1. The van der Waals surface area contributed by atoms with Gasteiger partial charge in [0, 0.05) is 12.8 Å². The Hall–Kier alpha value is -1.54. The molecule has 3 rings (SSSR count). The molecule has 3 heterocycles. The highest BCUT2D eigenvalue weighted by Gasteiger charge is 2.47. The summed E-state index contributed by atoms with van der Waals surface area (Å²) in [7, 11) is -3.37. The molecular weight excluding hydrogens is 292 g/mol. The lowest BCUT2D eigenvalue weighted by Crippen LogP contribution is -2.42. The quantitative estimate of drug-likeness (QED) is 0.826. The van der Waals surface area contributed by atoms with Crippen LogP contribution in [0.5, 0.6) is 0 Å². The second-order valence-corrected chi connectivity index (χ2v) is 7.70. The summed E-state index contributed by atoms with van der Waals surface area (Å²) in [5, 5.41) is 10.8. The normalized spacial score (nSPS) is 22.0. The van der Waals surface area contributed by atoms with Crippen LogP contribution in [-0.2, 0) is 14.6 Å². The van der Waals surface area contributed by atoms with Gasteiger partial charge >= 0.3 is 0 Å². The minimum absolute atomic E-state index is 0.0746. The fourth-order valence-corrected chi connectivity index (χ4v) is 3.57. The summed E-state index contributed by atoms with van der Waals surface area (Å²) in [5.74, 6) is 0.521. The lowest BCUT2D eigenvalue weighted by molar-refractivity contribution is -0.126. The Balaban J connectivity index is 1.83. The van der Waals surface area contributed by atoms with Crippen molar-refractivity contribution < 1.29 is 13.2 Å². The lowest BCUT2D eigenvalue weighted by Gasteiger charge is -2.31. The molecule has 1 aromatic heterocycles. The van der Waals surface area contributed by atoms with Crippen LogP contribution in [0.25, 0.3) is 0 Å². The van der Waals surface area contributed by atoms with Crippen LogP contribution >= 0.6 is 0 Å². The van der Waals surface area contributed by atoms with E-state index >= 15 is 0 Å². The summed E-state index contributed by atoms with van der Waals surface area (Å²) in [5.41, 5.74) is -0.275. The van der Waals surface area contributed by atoms with Gasteiger partial charge in [0.25, 0.3) is 0 Å². The van der Waals surface area contributed by atoms with Crippen molar-refractivity contribution in [1.82, 2.24) is 15.5 Å². The number of rotatable bonds is 2. The van der Waals surface area contributed by atoms with Crippen molar-refractivity contribution in [3.05, 3.63) is 12.1 Å². The van der Waals surface area contributed by atoms with Gasteiger partial charge in [-0.15, -0.1) is 10.2 Å². The maximum Gasteiger partial charge on any atom is 0.234 e. The van der Waals surface area contributed by atoms with Gasteiger partial charge in [0.1, 0.15) is 0 Å². The maximum atomic E-state index is 12.7. The van der Waals surface area contributed by atoms with Gasteiger partial charge in [-0.05, 0) is 44.5 Å². The monoisotopic (exact) mass is 310 g/mol. The summed E-state index contributed by atoms with van der Waals surface area (Å²) >= 11 is 0. The third-order valence-corrected chi connectivity index (χ3v) is 5.33. The standard InChI is InChI=1S/C13H18N4O3S/c1-21(19,20)11-3-2-10(15-16-11)17-9-6-13(12(17)18)4-7-14-8-5-13/h2-3,14H,4-9H2,1H3. The van der Waals surface area contributed by atoms with Gasteiger partial charge in [0.05, 0.1) is 5.41 Å². The van der Waals surface area contributed by atoms with Gasteiger partial charge in [0.15, 0.2) is 20.7 Å². The van der Waals surface area contributed by atoms with Crippen LogP contribution in [0, 0.1) is 5.41 Å². The van der Waals surface area contributed by atoms with E-state index in [-0.39, 0.29) is 16.3 Å². The van der Waals surface area contributed by atoms with Gasteiger partial charge < -0.3 is 5.32 Å². The third kappa shape index (κ3) is 2.53. The number of aromatic nitrogens is 2. The zero-order chi connectivity index (χ0) is 15.1. The van der Waals surface area contributed by atoms with E-state index in [4.69, 9.17) is 0 Å². The Morgan fingerprint density at radius 1 is 1.19 bits per heavy atom. The first-order chi connectivity index (χ1) is 9.92. The van der Waals surface area contributed by atoms with Crippen molar-refractivity contribution >= 4 is 21.6 Å². The highest BCUT2D eigenvalue weighted by atomic mass is 32.2. The summed E-state index contributed by atoms with van der Waals surface area (Å²) < 4.78 is 22.8. The summed E-state index contributed by atoms with van der Waals surface area (Å²) in [4.78, 5) is 14.3. The van der Waals surface area contributed by atoms with Crippen molar-refractivity contribution in [2.45, 2.75) is 24.3 Å². The number of amides is 1. The molecular formula is C13H18N4O3S. The molecule has 7 nitrogen and oxygen atoms in total. The van der Waals surface area contributed by atoms with E-state index in [0.717, 1.165) is 38.6 Å². The first-order valence-electron chi connectivity index (χ1n) is 6.99. The van der Waals surface area contributed by atoms with Gasteiger partial charge in [-0.25, -0.2) is 8.42 Å². The second-order valence-electron chi connectivity index (χ2n) is 5.74. The molecule has 2 saturated heterocycles. The fourth-order valence-electron chi connectivity index (χ4n) is 3.06. The molecule has 0 aliphatic carbocycles. The van der Waals surface area contributed by atoms with E-state index < -0.39 is 9.84 Å². The largest absolute Gasteiger partial charge is 0.317 e. The smallest absolute Gasteiger partial charge is 0.234 e. The number of nitrogens with one attached hydrogen (secondary N) is 1. The van der Waals surface area contributed by atoms with Crippen LogP contribution in [0.15, 0.2) is 17.2 Å². The minimum atomic E-state index is -3.37. The average Bonchev–Trinajstić information content (AvgIpc) is 2.76. The van der Waals surface area contributed by atoms with E-state index in [1.807, 2.05) is 0 Å². The van der Waals surface area contributed by atoms with Crippen LogP contribution in [0.2, 0.25) is 0 Å². The molecule has 8 heteroatoms. The first-order valence-corrected chi connectivity index (χ1v) is 8.88.